The largest absolute Gasteiger partial charge is 0.325 e. The van der Waals surface area contributed by atoms with Crippen molar-refractivity contribution in [2.45, 2.75) is 37.6 Å². The molecule has 0 radical (unpaired) electrons. The standard InChI is InChI=1S/C17H17ClN4O3S2/c18-12-5-4-11(27-12)10-9-26-15(19-10)20-13(23)8-22-14(24)17(21-16(22)25)6-2-1-3-7-17/h4-5,9H,1-3,6-8H2,(H,21,25)(H,19,20,23). The van der Waals surface area contributed by atoms with E-state index in [-0.39, 0.29) is 12.5 Å². The van der Waals surface area contributed by atoms with E-state index in [1.165, 1.54) is 22.7 Å². The van der Waals surface area contributed by atoms with E-state index in [0.29, 0.717) is 22.3 Å². The molecule has 0 aromatic carbocycles. The van der Waals surface area contributed by atoms with E-state index in [1.54, 1.807) is 6.07 Å². The summed E-state index contributed by atoms with van der Waals surface area (Å²) in [6.45, 7) is -0.313. The topological polar surface area (TPSA) is 91.4 Å². The molecule has 2 aromatic heterocycles. The molecule has 2 N–H and O–H groups in total. The summed E-state index contributed by atoms with van der Waals surface area (Å²) in [5, 5.41) is 7.70. The van der Waals surface area contributed by atoms with Crippen molar-refractivity contribution in [3.63, 3.8) is 0 Å². The molecule has 3 heterocycles. The number of carbonyl (C=O) groups excluding carboxylic acids is 3. The van der Waals surface area contributed by atoms with Gasteiger partial charge in [0.05, 0.1) is 14.9 Å². The number of imide groups is 1. The minimum absolute atomic E-state index is 0.296. The van der Waals surface area contributed by atoms with Crippen molar-refractivity contribution >= 4 is 57.3 Å². The van der Waals surface area contributed by atoms with Crippen molar-refractivity contribution in [1.29, 1.82) is 0 Å². The highest BCUT2D eigenvalue weighted by atomic mass is 35.5. The Balaban J connectivity index is 1.40. The number of amides is 4. The van der Waals surface area contributed by atoms with Crippen LogP contribution in [0, 0.1) is 0 Å². The number of aromatic nitrogens is 1. The quantitative estimate of drug-likeness (QED) is 0.731. The van der Waals surface area contributed by atoms with Crippen molar-refractivity contribution in [2.24, 2.45) is 0 Å². The zero-order valence-corrected chi connectivity index (χ0v) is 16.7. The van der Waals surface area contributed by atoms with Crippen LogP contribution in [0.4, 0.5) is 9.93 Å². The van der Waals surface area contributed by atoms with Gasteiger partial charge < -0.3 is 10.6 Å². The second-order valence-corrected chi connectivity index (χ2v) is 9.23. The Hall–Kier alpha value is -1.97. The van der Waals surface area contributed by atoms with Crippen molar-refractivity contribution in [3.05, 3.63) is 21.8 Å². The number of nitrogens with zero attached hydrogens (tertiary/aromatic N) is 2. The number of thiophene rings is 1. The number of halogens is 1. The molecule has 4 rings (SSSR count). The van der Waals surface area contributed by atoms with E-state index < -0.39 is 17.5 Å². The van der Waals surface area contributed by atoms with Gasteiger partial charge in [-0.2, -0.15) is 0 Å². The summed E-state index contributed by atoms with van der Waals surface area (Å²) >= 11 is 8.62. The van der Waals surface area contributed by atoms with E-state index >= 15 is 0 Å². The molecule has 2 aromatic rings. The van der Waals surface area contributed by atoms with E-state index in [4.69, 9.17) is 11.6 Å². The second-order valence-electron chi connectivity index (χ2n) is 6.65. The first-order valence-corrected chi connectivity index (χ1v) is 10.7. The van der Waals surface area contributed by atoms with Gasteiger partial charge in [0.1, 0.15) is 12.1 Å². The molecule has 27 heavy (non-hydrogen) atoms. The fraction of sp³-hybridized carbons (Fsp3) is 0.412. The zero-order valence-electron chi connectivity index (χ0n) is 14.3. The third-order valence-electron chi connectivity index (χ3n) is 4.83. The Kier molecular flexibility index (Phi) is 4.92. The van der Waals surface area contributed by atoms with Gasteiger partial charge >= 0.3 is 6.03 Å². The van der Waals surface area contributed by atoms with Crippen molar-refractivity contribution in [1.82, 2.24) is 15.2 Å². The van der Waals surface area contributed by atoms with Crippen molar-refractivity contribution in [3.8, 4) is 10.6 Å². The Labute approximate surface area is 168 Å². The first-order valence-electron chi connectivity index (χ1n) is 8.62. The molecule has 0 bridgehead atoms. The number of hydrogen-bond acceptors (Lipinski definition) is 6. The number of urea groups is 1. The minimum Gasteiger partial charge on any atom is -0.323 e. The number of carbonyl (C=O) groups is 3. The molecule has 1 aliphatic carbocycles. The molecule has 0 atom stereocenters. The molecule has 7 nitrogen and oxygen atoms in total. The Morgan fingerprint density at radius 2 is 2.07 bits per heavy atom. The predicted molar refractivity (Wildman–Crippen MR) is 105 cm³/mol. The van der Waals surface area contributed by atoms with Crippen LogP contribution in [0.25, 0.3) is 10.6 Å². The molecule has 4 amide bonds. The number of nitrogens with one attached hydrogen (secondary N) is 2. The summed E-state index contributed by atoms with van der Waals surface area (Å²) in [5.74, 6) is -0.744. The molecular formula is C17H17ClN4O3S2. The monoisotopic (exact) mass is 424 g/mol. The normalized spacial score (nSPS) is 18.8. The van der Waals surface area contributed by atoms with E-state index in [0.717, 1.165) is 34.7 Å². The van der Waals surface area contributed by atoms with E-state index in [2.05, 4.69) is 15.6 Å². The van der Waals surface area contributed by atoms with Gasteiger partial charge in [-0.1, -0.05) is 30.9 Å². The third kappa shape index (κ3) is 3.59. The lowest BCUT2D eigenvalue weighted by Gasteiger charge is -2.30. The SMILES string of the molecule is O=C(CN1C(=O)NC2(CCCCC2)C1=O)Nc1nc(-c2ccc(Cl)s2)cs1. The lowest BCUT2D eigenvalue weighted by molar-refractivity contribution is -0.134. The van der Waals surface area contributed by atoms with Crippen LogP contribution in [0.2, 0.25) is 4.34 Å². The van der Waals surface area contributed by atoms with E-state index in [9.17, 15) is 14.4 Å². The molecule has 142 valence electrons. The van der Waals surface area contributed by atoms with Crippen LogP contribution in [-0.2, 0) is 9.59 Å². The predicted octanol–water partition coefficient (Wildman–Crippen LogP) is 3.72. The lowest BCUT2D eigenvalue weighted by atomic mass is 9.82. The van der Waals surface area contributed by atoms with Crippen LogP contribution in [0.3, 0.4) is 0 Å². The average Bonchev–Trinajstić information content (AvgIpc) is 3.32. The lowest BCUT2D eigenvalue weighted by Crippen LogP contribution is -2.48. The summed E-state index contributed by atoms with van der Waals surface area (Å²) < 4.78 is 0.666. The van der Waals surface area contributed by atoms with Crippen LogP contribution in [0.1, 0.15) is 32.1 Å². The van der Waals surface area contributed by atoms with E-state index in [1.807, 2.05) is 11.4 Å². The number of hydrogen-bond donors (Lipinski definition) is 2. The maximum atomic E-state index is 12.7. The Morgan fingerprint density at radius 1 is 1.30 bits per heavy atom. The zero-order chi connectivity index (χ0) is 19.0. The summed E-state index contributed by atoms with van der Waals surface area (Å²) in [6, 6.07) is 3.16. The summed E-state index contributed by atoms with van der Waals surface area (Å²) in [5.41, 5.74) is -0.0917. The molecule has 1 aliphatic heterocycles. The maximum Gasteiger partial charge on any atom is 0.325 e. The molecule has 2 fully saturated rings. The first-order chi connectivity index (χ1) is 13.0. The summed E-state index contributed by atoms with van der Waals surface area (Å²) in [4.78, 5) is 43.6. The molecule has 1 saturated heterocycles. The van der Waals surface area contributed by atoms with Crippen LogP contribution < -0.4 is 10.6 Å². The molecular weight excluding hydrogens is 408 g/mol. The molecule has 10 heteroatoms. The summed E-state index contributed by atoms with van der Waals surface area (Å²) in [7, 11) is 0. The van der Waals surface area contributed by atoms with Gasteiger partial charge in [-0.25, -0.2) is 9.78 Å². The van der Waals surface area contributed by atoms with Crippen LogP contribution in [0.5, 0.6) is 0 Å². The van der Waals surface area contributed by atoms with Crippen molar-refractivity contribution < 1.29 is 14.4 Å². The minimum atomic E-state index is -0.817. The number of rotatable bonds is 4. The highest BCUT2D eigenvalue weighted by molar-refractivity contribution is 7.20. The molecule has 1 spiro atoms. The fourth-order valence-corrected chi connectivity index (χ4v) is 5.32. The maximum absolute atomic E-state index is 12.7. The van der Waals surface area contributed by atoms with Crippen LogP contribution in [0.15, 0.2) is 17.5 Å². The number of anilines is 1. The van der Waals surface area contributed by atoms with Gasteiger partial charge in [-0.05, 0) is 25.0 Å². The van der Waals surface area contributed by atoms with Gasteiger partial charge in [0.2, 0.25) is 5.91 Å². The average molecular weight is 425 g/mol. The molecule has 2 aliphatic rings. The highest BCUT2D eigenvalue weighted by Crippen LogP contribution is 2.34. The highest BCUT2D eigenvalue weighted by Gasteiger charge is 2.51. The molecule has 1 saturated carbocycles. The van der Waals surface area contributed by atoms with Gasteiger partial charge in [-0.3, -0.25) is 14.5 Å². The Bertz CT molecular complexity index is 904. The number of thiazole rings is 1. The van der Waals surface area contributed by atoms with Gasteiger partial charge in [0.25, 0.3) is 5.91 Å². The second kappa shape index (κ2) is 7.21. The fourth-order valence-electron chi connectivity index (χ4n) is 3.51. The molecule has 0 unspecified atom stereocenters. The smallest absolute Gasteiger partial charge is 0.323 e. The van der Waals surface area contributed by atoms with Crippen LogP contribution >= 0.6 is 34.3 Å². The van der Waals surface area contributed by atoms with Crippen molar-refractivity contribution in [2.75, 3.05) is 11.9 Å². The van der Waals surface area contributed by atoms with Gasteiger partial charge in [0.15, 0.2) is 5.13 Å². The summed E-state index contributed by atoms with van der Waals surface area (Å²) in [6.07, 6.45) is 4.14. The first kappa shape index (κ1) is 18.4. The van der Waals surface area contributed by atoms with Crippen LogP contribution in [-0.4, -0.2) is 39.8 Å². The third-order valence-corrected chi connectivity index (χ3v) is 6.84. The van der Waals surface area contributed by atoms with Gasteiger partial charge in [0, 0.05) is 5.38 Å². The van der Waals surface area contributed by atoms with Gasteiger partial charge in [-0.15, -0.1) is 22.7 Å². The Morgan fingerprint density at radius 3 is 2.78 bits per heavy atom.